The van der Waals surface area contributed by atoms with Crippen molar-refractivity contribution in [2.24, 2.45) is 7.05 Å². The number of nitrogens with zero attached hydrogens (tertiary/aromatic N) is 6. The monoisotopic (exact) mass is 451 g/mol. The van der Waals surface area contributed by atoms with Crippen LogP contribution in [0.15, 0.2) is 48.9 Å². The molecule has 2 amide bonds. The molecule has 4 rings (SSSR count). The van der Waals surface area contributed by atoms with Gasteiger partial charge < -0.3 is 15.0 Å². The van der Waals surface area contributed by atoms with Crippen molar-refractivity contribution in [3.05, 3.63) is 60.2 Å². The molecule has 0 radical (unpaired) electrons. The summed E-state index contributed by atoms with van der Waals surface area (Å²) in [4.78, 5) is 35.9. The second-order valence-electron chi connectivity index (χ2n) is 7.23. The number of hydrogen-bond donors (Lipinski definition) is 1. The number of anilines is 1. The third-order valence-electron chi connectivity index (χ3n) is 5.12. The molecule has 0 bridgehead atoms. The average molecular weight is 451 g/mol. The number of imidazole rings is 1. The summed E-state index contributed by atoms with van der Waals surface area (Å²) in [7, 11) is 3.25. The maximum atomic E-state index is 12.9. The molecule has 0 saturated heterocycles. The Morgan fingerprint density at radius 3 is 2.82 bits per heavy atom. The summed E-state index contributed by atoms with van der Waals surface area (Å²) in [6.45, 7) is 1.42. The van der Waals surface area contributed by atoms with Crippen molar-refractivity contribution in [2.45, 2.75) is 6.92 Å². The van der Waals surface area contributed by atoms with Crippen LogP contribution in [-0.4, -0.2) is 61.3 Å². The van der Waals surface area contributed by atoms with E-state index < -0.39 is 12.8 Å². The molecular formula is C22H22FN7O3. The standard InChI is InChI=1S/C22H22FN7O3/c1-4-28(2)21(32)16-11-24-29(3)19(16)20(31)26-18-8-9-30-12-17(25-22(30)27-18)14-6-5-7-15(10-14)33-13-23/h5-12H,4,13H2,1-3H3,(H,25,26,27,31). The summed E-state index contributed by atoms with van der Waals surface area (Å²) in [5.74, 6) is 0.205. The number of fused-ring (bicyclic) bond motifs is 1. The fraction of sp³-hybridized carbons (Fsp3) is 0.227. The van der Waals surface area contributed by atoms with Crippen LogP contribution in [0.2, 0.25) is 0 Å². The predicted molar refractivity (Wildman–Crippen MR) is 119 cm³/mol. The largest absolute Gasteiger partial charge is 0.463 e. The molecule has 0 unspecified atom stereocenters. The van der Waals surface area contributed by atoms with Gasteiger partial charge in [0, 0.05) is 38.6 Å². The molecule has 3 aromatic heterocycles. The Labute approximate surface area is 188 Å². The van der Waals surface area contributed by atoms with Gasteiger partial charge in [-0.1, -0.05) is 12.1 Å². The number of carbonyl (C=O) groups excluding carboxylic acids is 2. The molecule has 1 N–H and O–H groups in total. The Bertz CT molecular complexity index is 1330. The Kier molecular flexibility index (Phi) is 6.03. The molecule has 0 atom stereocenters. The fourth-order valence-corrected chi connectivity index (χ4v) is 3.28. The number of hydrogen-bond acceptors (Lipinski definition) is 6. The van der Waals surface area contributed by atoms with Crippen LogP contribution in [-0.2, 0) is 7.05 Å². The van der Waals surface area contributed by atoms with Gasteiger partial charge in [0.25, 0.3) is 11.8 Å². The van der Waals surface area contributed by atoms with E-state index in [1.165, 1.54) is 15.8 Å². The lowest BCUT2D eigenvalue weighted by atomic mass is 10.1. The number of carbonyl (C=O) groups is 2. The minimum atomic E-state index is -0.919. The van der Waals surface area contributed by atoms with Gasteiger partial charge in [-0.15, -0.1) is 0 Å². The second kappa shape index (κ2) is 9.07. The van der Waals surface area contributed by atoms with Gasteiger partial charge in [0.2, 0.25) is 12.6 Å². The Morgan fingerprint density at radius 1 is 1.24 bits per heavy atom. The van der Waals surface area contributed by atoms with E-state index in [4.69, 9.17) is 4.74 Å². The number of aryl methyl sites for hydroxylation is 1. The zero-order chi connectivity index (χ0) is 23.5. The summed E-state index contributed by atoms with van der Waals surface area (Å²) in [6.07, 6.45) is 4.85. The number of amides is 2. The van der Waals surface area contributed by atoms with Crippen LogP contribution in [0.25, 0.3) is 17.0 Å². The minimum Gasteiger partial charge on any atom is -0.463 e. The van der Waals surface area contributed by atoms with Gasteiger partial charge in [-0.2, -0.15) is 10.1 Å². The number of halogens is 1. The third-order valence-corrected chi connectivity index (χ3v) is 5.12. The van der Waals surface area contributed by atoms with Crippen LogP contribution >= 0.6 is 0 Å². The van der Waals surface area contributed by atoms with Gasteiger partial charge in [0.1, 0.15) is 17.3 Å². The van der Waals surface area contributed by atoms with Gasteiger partial charge >= 0.3 is 0 Å². The normalized spacial score (nSPS) is 10.9. The van der Waals surface area contributed by atoms with Crippen molar-refractivity contribution in [3.8, 4) is 17.0 Å². The van der Waals surface area contributed by atoms with Crippen molar-refractivity contribution >= 4 is 23.4 Å². The number of ether oxygens (including phenoxy) is 1. The highest BCUT2D eigenvalue weighted by atomic mass is 19.1. The molecule has 170 valence electrons. The Morgan fingerprint density at radius 2 is 2.06 bits per heavy atom. The summed E-state index contributed by atoms with van der Waals surface area (Å²) in [5.41, 5.74) is 1.68. The average Bonchev–Trinajstić information content (AvgIpc) is 3.41. The highest BCUT2D eigenvalue weighted by Crippen LogP contribution is 2.24. The first kappa shape index (κ1) is 21.9. The minimum absolute atomic E-state index is 0.135. The summed E-state index contributed by atoms with van der Waals surface area (Å²) in [6, 6.07) is 8.52. The van der Waals surface area contributed by atoms with E-state index in [2.05, 4.69) is 20.4 Å². The van der Waals surface area contributed by atoms with E-state index in [-0.39, 0.29) is 23.0 Å². The summed E-state index contributed by atoms with van der Waals surface area (Å²) >= 11 is 0. The van der Waals surface area contributed by atoms with Gasteiger partial charge in [-0.05, 0) is 25.1 Å². The number of aromatic nitrogens is 5. The first-order valence-corrected chi connectivity index (χ1v) is 10.1. The van der Waals surface area contributed by atoms with Crippen molar-refractivity contribution in [3.63, 3.8) is 0 Å². The zero-order valence-electron chi connectivity index (χ0n) is 18.3. The first-order chi connectivity index (χ1) is 15.9. The molecule has 0 aliphatic heterocycles. The molecular weight excluding hydrogens is 429 g/mol. The predicted octanol–water partition coefficient (Wildman–Crippen LogP) is 2.78. The molecule has 0 aliphatic carbocycles. The van der Waals surface area contributed by atoms with Crippen LogP contribution in [0, 0.1) is 0 Å². The lowest BCUT2D eigenvalue weighted by Crippen LogP contribution is -2.29. The quantitative estimate of drug-likeness (QED) is 0.463. The van der Waals surface area contributed by atoms with Crippen LogP contribution in [0.3, 0.4) is 0 Å². The van der Waals surface area contributed by atoms with E-state index in [1.807, 2.05) is 13.0 Å². The smallest absolute Gasteiger partial charge is 0.275 e. The van der Waals surface area contributed by atoms with Gasteiger partial charge in [-0.3, -0.25) is 18.7 Å². The highest BCUT2D eigenvalue weighted by molar-refractivity contribution is 6.10. The maximum Gasteiger partial charge on any atom is 0.275 e. The second-order valence-corrected chi connectivity index (χ2v) is 7.23. The third kappa shape index (κ3) is 4.38. The van der Waals surface area contributed by atoms with Crippen molar-refractivity contribution in [2.75, 3.05) is 25.8 Å². The molecule has 4 aromatic rings. The zero-order valence-corrected chi connectivity index (χ0v) is 18.3. The summed E-state index contributed by atoms with van der Waals surface area (Å²) < 4.78 is 20.4. The number of rotatable bonds is 7. The molecule has 0 saturated carbocycles. The highest BCUT2D eigenvalue weighted by Gasteiger charge is 2.24. The van der Waals surface area contributed by atoms with E-state index >= 15 is 0 Å². The maximum absolute atomic E-state index is 12.9. The van der Waals surface area contributed by atoms with Crippen molar-refractivity contribution in [1.82, 2.24) is 29.0 Å². The lowest BCUT2D eigenvalue weighted by Gasteiger charge is -2.14. The van der Waals surface area contributed by atoms with E-state index in [1.54, 1.807) is 55.2 Å². The van der Waals surface area contributed by atoms with Crippen LogP contribution < -0.4 is 10.1 Å². The van der Waals surface area contributed by atoms with Crippen LogP contribution in [0.4, 0.5) is 10.2 Å². The van der Waals surface area contributed by atoms with Crippen molar-refractivity contribution in [1.29, 1.82) is 0 Å². The van der Waals surface area contributed by atoms with E-state index in [0.717, 1.165) is 5.56 Å². The number of nitrogens with one attached hydrogen (secondary N) is 1. The molecule has 1 aromatic carbocycles. The van der Waals surface area contributed by atoms with Gasteiger partial charge in [-0.25, -0.2) is 9.37 Å². The topological polar surface area (TPSA) is 107 Å². The van der Waals surface area contributed by atoms with Gasteiger partial charge in [0.15, 0.2) is 0 Å². The number of alkyl halides is 1. The summed E-state index contributed by atoms with van der Waals surface area (Å²) in [5, 5.41) is 6.77. The molecule has 33 heavy (non-hydrogen) atoms. The van der Waals surface area contributed by atoms with Crippen LogP contribution in [0.1, 0.15) is 27.8 Å². The Balaban J connectivity index is 1.60. The molecule has 3 heterocycles. The van der Waals surface area contributed by atoms with Crippen LogP contribution in [0.5, 0.6) is 5.75 Å². The molecule has 11 heteroatoms. The number of benzene rings is 1. The SMILES string of the molecule is CCN(C)C(=O)c1cnn(C)c1C(=O)Nc1ccn2cc(-c3cccc(OCF)c3)nc2n1. The first-order valence-electron chi connectivity index (χ1n) is 10.1. The Hall–Kier alpha value is -4.28. The molecule has 0 spiro atoms. The van der Waals surface area contributed by atoms with Crippen molar-refractivity contribution < 1.29 is 18.7 Å². The van der Waals surface area contributed by atoms with Gasteiger partial charge in [0.05, 0.1) is 17.5 Å². The molecule has 0 aliphatic rings. The fourth-order valence-electron chi connectivity index (χ4n) is 3.28. The lowest BCUT2D eigenvalue weighted by molar-refractivity contribution is 0.0796. The molecule has 0 fully saturated rings. The van der Waals surface area contributed by atoms with E-state index in [9.17, 15) is 14.0 Å². The van der Waals surface area contributed by atoms with E-state index in [0.29, 0.717) is 23.8 Å². The molecule has 10 nitrogen and oxygen atoms in total.